The quantitative estimate of drug-likeness (QED) is 0.380. The van der Waals surface area contributed by atoms with Crippen LogP contribution in [0.25, 0.3) is 10.8 Å². The molecule has 2 aromatic rings. The van der Waals surface area contributed by atoms with Gasteiger partial charge in [0.1, 0.15) is 0 Å². The third kappa shape index (κ3) is 2.98. The van der Waals surface area contributed by atoms with Crippen molar-refractivity contribution in [1.29, 1.82) is 5.41 Å². The summed E-state index contributed by atoms with van der Waals surface area (Å²) in [5.41, 5.74) is 3.35. The molecule has 0 aromatic heterocycles. The van der Waals surface area contributed by atoms with Crippen LogP contribution >= 0.6 is 15.9 Å². The van der Waals surface area contributed by atoms with Gasteiger partial charge in [0.05, 0.1) is 11.3 Å². The highest BCUT2D eigenvalue weighted by molar-refractivity contribution is 9.09. The molecule has 100 valence electrons. The summed E-state index contributed by atoms with van der Waals surface area (Å²) in [5, 5.41) is 10.4. The zero-order valence-electron chi connectivity index (χ0n) is 11.4. The van der Waals surface area contributed by atoms with Gasteiger partial charge in [-0.1, -0.05) is 59.3 Å². The van der Waals surface area contributed by atoms with E-state index in [1.165, 1.54) is 21.9 Å². The van der Waals surface area contributed by atoms with Crippen molar-refractivity contribution < 1.29 is 0 Å². The molecule has 0 saturated carbocycles. The number of rotatable bonds is 4. The Morgan fingerprint density at radius 1 is 1.11 bits per heavy atom. The van der Waals surface area contributed by atoms with Gasteiger partial charge in [-0.2, -0.15) is 0 Å². The molecule has 0 atom stereocenters. The lowest BCUT2D eigenvalue weighted by molar-refractivity contribution is 0.482. The monoisotopic (exact) mass is 318 g/mol. The van der Waals surface area contributed by atoms with Crippen LogP contribution in [-0.4, -0.2) is 16.2 Å². The van der Waals surface area contributed by atoms with Gasteiger partial charge < -0.3 is 4.90 Å². The van der Waals surface area contributed by atoms with Crippen molar-refractivity contribution in [1.82, 2.24) is 4.90 Å². The Labute approximate surface area is 123 Å². The molecule has 0 unspecified atom stereocenters. The number of halogens is 1. The van der Waals surface area contributed by atoms with E-state index < -0.39 is 0 Å². The molecule has 2 aromatic carbocycles. The number of nitrogens with one attached hydrogen (secondary N) is 1. The lowest BCUT2D eigenvalue weighted by Crippen LogP contribution is -2.26. The summed E-state index contributed by atoms with van der Waals surface area (Å²) in [6.45, 7) is 4.78. The zero-order valence-corrected chi connectivity index (χ0v) is 13.0. The smallest absolute Gasteiger partial charge is 0.0935 e. The van der Waals surface area contributed by atoms with E-state index in [4.69, 9.17) is 5.41 Å². The lowest BCUT2D eigenvalue weighted by atomic mass is 9.98. The number of alkyl halides is 1. The zero-order chi connectivity index (χ0) is 13.8. The van der Waals surface area contributed by atoms with E-state index >= 15 is 0 Å². The molecule has 0 bridgehead atoms. The fraction of sp³-hybridized carbons (Fsp3) is 0.312. The van der Waals surface area contributed by atoms with Gasteiger partial charge in [-0.25, -0.2) is 0 Å². The summed E-state index contributed by atoms with van der Waals surface area (Å²) < 4.78 is 0. The van der Waals surface area contributed by atoms with Gasteiger partial charge in [-0.15, -0.1) is 0 Å². The van der Waals surface area contributed by atoms with Crippen LogP contribution in [-0.2, 0) is 13.0 Å². The number of hydrogen-bond donors (Lipinski definition) is 1. The summed E-state index contributed by atoms with van der Waals surface area (Å²) in [5.74, 6) is 0.584. The van der Waals surface area contributed by atoms with Crippen LogP contribution in [0.15, 0.2) is 36.4 Å². The first-order valence-corrected chi connectivity index (χ1v) is 7.65. The SMILES string of the molecule is CCc1ccc(CN(CBr)C(C)=N)c2ccccc12. The van der Waals surface area contributed by atoms with E-state index in [0.717, 1.165) is 13.0 Å². The van der Waals surface area contributed by atoms with Gasteiger partial charge in [-0.05, 0) is 35.2 Å². The highest BCUT2D eigenvalue weighted by Gasteiger charge is 2.09. The maximum absolute atomic E-state index is 7.78. The molecule has 0 saturated heterocycles. The van der Waals surface area contributed by atoms with Gasteiger partial charge in [0.2, 0.25) is 0 Å². The van der Waals surface area contributed by atoms with Crippen LogP contribution in [0.4, 0.5) is 0 Å². The minimum atomic E-state index is 0.584. The molecule has 2 rings (SSSR count). The van der Waals surface area contributed by atoms with E-state index in [9.17, 15) is 0 Å². The number of amidine groups is 1. The Kier molecular flexibility index (Phi) is 4.59. The topological polar surface area (TPSA) is 27.1 Å². The maximum Gasteiger partial charge on any atom is 0.0935 e. The van der Waals surface area contributed by atoms with Crippen molar-refractivity contribution in [2.24, 2.45) is 0 Å². The van der Waals surface area contributed by atoms with Gasteiger partial charge >= 0.3 is 0 Å². The molecule has 3 heteroatoms. The summed E-state index contributed by atoms with van der Waals surface area (Å²) in [4.78, 5) is 2.01. The molecule has 0 radical (unpaired) electrons. The summed E-state index contributed by atoms with van der Waals surface area (Å²) >= 11 is 3.45. The van der Waals surface area contributed by atoms with Crippen molar-refractivity contribution in [3.8, 4) is 0 Å². The normalized spacial score (nSPS) is 10.7. The third-order valence-corrected chi connectivity index (χ3v) is 4.07. The number of fused-ring (bicyclic) bond motifs is 1. The number of benzene rings is 2. The van der Waals surface area contributed by atoms with Gasteiger partial charge in [0, 0.05) is 6.54 Å². The largest absolute Gasteiger partial charge is 0.347 e. The van der Waals surface area contributed by atoms with Crippen LogP contribution in [0.5, 0.6) is 0 Å². The molecule has 0 fully saturated rings. The predicted octanol–water partition coefficient (Wildman–Crippen LogP) is 4.55. The molecule has 0 aliphatic carbocycles. The lowest BCUT2D eigenvalue weighted by Gasteiger charge is -2.21. The van der Waals surface area contributed by atoms with E-state index in [1.807, 2.05) is 11.8 Å². The Hall–Kier alpha value is -1.35. The first-order chi connectivity index (χ1) is 9.17. The molecule has 0 amide bonds. The van der Waals surface area contributed by atoms with Crippen LogP contribution in [0.2, 0.25) is 0 Å². The number of hydrogen-bond acceptors (Lipinski definition) is 1. The van der Waals surface area contributed by atoms with Crippen molar-refractivity contribution in [2.75, 3.05) is 5.45 Å². The standard InChI is InChI=1S/C16H19BrN2/c1-3-13-8-9-14(10-19(11-17)12(2)18)16-7-5-4-6-15(13)16/h4-9,18H,3,10-11H2,1-2H3. The van der Waals surface area contributed by atoms with Gasteiger partial charge in [0.25, 0.3) is 0 Å². The van der Waals surface area contributed by atoms with Crippen LogP contribution in [0.3, 0.4) is 0 Å². The van der Waals surface area contributed by atoms with Crippen molar-refractivity contribution >= 4 is 32.5 Å². The van der Waals surface area contributed by atoms with E-state index in [-0.39, 0.29) is 0 Å². The third-order valence-electron chi connectivity index (χ3n) is 3.47. The predicted molar refractivity (Wildman–Crippen MR) is 86.1 cm³/mol. The minimum absolute atomic E-state index is 0.584. The molecule has 2 nitrogen and oxygen atoms in total. The van der Waals surface area contributed by atoms with Crippen molar-refractivity contribution in [3.63, 3.8) is 0 Å². The molecule has 0 aliphatic rings. The minimum Gasteiger partial charge on any atom is -0.347 e. The summed E-state index contributed by atoms with van der Waals surface area (Å²) in [7, 11) is 0. The van der Waals surface area contributed by atoms with E-state index in [1.54, 1.807) is 0 Å². The molecule has 0 spiro atoms. The summed E-state index contributed by atoms with van der Waals surface area (Å²) in [6.07, 6.45) is 1.05. The van der Waals surface area contributed by atoms with E-state index in [2.05, 4.69) is 59.3 Å². The van der Waals surface area contributed by atoms with Gasteiger partial charge in [0.15, 0.2) is 0 Å². The summed E-state index contributed by atoms with van der Waals surface area (Å²) in [6, 6.07) is 12.9. The molecule has 0 aliphatic heterocycles. The van der Waals surface area contributed by atoms with Crippen molar-refractivity contribution in [3.05, 3.63) is 47.5 Å². The second-order valence-electron chi connectivity index (χ2n) is 4.69. The fourth-order valence-electron chi connectivity index (χ4n) is 2.33. The maximum atomic E-state index is 7.78. The molecule has 1 N–H and O–H groups in total. The van der Waals surface area contributed by atoms with Crippen molar-refractivity contribution in [2.45, 2.75) is 26.8 Å². The first-order valence-electron chi connectivity index (χ1n) is 6.53. The first kappa shape index (κ1) is 14.1. The van der Waals surface area contributed by atoms with E-state index in [0.29, 0.717) is 11.3 Å². The second-order valence-corrected chi connectivity index (χ2v) is 5.19. The highest BCUT2D eigenvalue weighted by Crippen LogP contribution is 2.24. The number of aryl methyl sites for hydroxylation is 1. The average molecular weight is 319 g/mol. The average Bonchev–Trinajstić information content (AvgIpc) is 2.44. The molecule has 19 heavy (non-hydrogen) atoms. The second kappa shape index (κ2) is 6.20. The van der Waals surface area contributed by atoms with Gasteiger partial charge in [-0.3, -0.25) is 5.41 Å². The fourth-order valence-corrected chi connectivity index (χ4v) is 2.88. The molecular weight excluding hydrogens is 300 g/mol. The van der Waals surface area contributed by atoms with Crippen LogP contribution < -0.4 is 0 Å². The molecule has 0 heterocycles. The number of nitrogens with zero attached hydrogens (tertiary/aromatic N) is 1. The Morgan fingerprint density at radius 2 is 1.68 bits per heavy atom. The highest BCUT2D eigenvalue weighted by atomic mass is 79.9. The Bertz CT molecular complexity index is 592. The van der Waals surface area contributed by atoms with Crippen LogP contribution in [0, 0.1) is 5.41 Å². The Balaban J connectivity index is 2.47. The van der Waals surface area contributed by atoms with Crippen LogP contribution in [0.1, 0.15) is 25.0 Å². The molecular formula is C16H19BrN2. The Morgan fingerprint density at radius 3 is 2.21 bits per heavy atom.